The first kappa shape index (κ1) is 11.6. The fraction of sp³-hybridized carbons (Fsp3) is 0.769. The van der Waals surface area contributed by atoms with E-state index in [0.717, 1.165) is 38.1 Å². The lowest BCUT2D eigenvalue weighted by Gasteiger charge is -2.24. The van der Waals surface area contributed by atoms with Crippen molar-refractivity contribution >= 4 is 0 Å². The molecule has 0 bridgehead atoms. The Kier molecular flexibility index (Phi) is 3.33. The Morgan fingerprint density at radius 1 is 1.62 bits per heavy atom. The van der Waals surface area contributed by atoms with Gasteiger partial charge in [-0.05, 0) is 31.6 Å². The van der Waals surface area contributed by atoms with E-state index in [1.54, 1.807) is 0 Å². The van der Waals surface area contributed by atoms with Crippen LogP contribution in [0.4, 0.5) is 0 Å². The highest BCUT2D eigenvalue weighted by Gasteiger charge is 2.34. The predicted octanol–water partition coefficient (Wildman–Crippen LogP) is 2.35. The van der Waals surface area contributed by atoms with Crippen LogP contribution >= 0.6 is 0 Å². The van der Waals surface area contributed by atoms with E-state index in [1.165, 1.54) is 12.2 Å². The van der Waals surface area contributed by atoms with Gasteiger partial charge in [-0.1, -0.05) is 13.8 Å². The van der Waals surface area contributed by atoms with E-state index in [-0.39, 0.29) is 5.54 Å². The topological polar surface area (TPSA) is 43.8 Å². The molecule has 90 valence electrons. The monoisotopic (exact) mass is 221 g/mol. The fourth-order valence-corrected chi connectivity index (χ4v) is 2.86. The van der Waals surface area contributed by atoms with E-state index >= 15 is 0 Å². The molecule has 2 atom stereocenters. The summed E-state index contributed by atoms with van der Waals surface area (Å²) in [6, 6.07) is 0. The molecule has 0 spiro atoms. The van der Waals surface area contributed by atoms with Crippen LogP contribution in [0.2, 0.25) is 0 Å². The molecule has 0 radical (unpaired) electrons. The number of aromatic nitrogens is 2. The molecule has 16 heavy (non-hydrogen) atoms. The van der Waals surface area contributed by atoms with Crippen LogP contribution in [0.1, 0.15) is 45.4 Å². The fourth-order valence-electron chi connectivity index (χ4n) is 2.86. The smallest absolute Gasteiger partial charge is 0.110 e. The summed E-state index contributed by atoms with van der Waals surface area (Å²) in [6.45, 7) is 5.55. The zero-order valence-corrected chi connectivity index (χ0v) is 10.4. The molecule has 0 aromatic carbocycles. The van der Waals surface area contributed by atoms with Gasteiger partial charge in [0, 0.05) is 30.9 Å². The maximum atomic E-state index is 6.45. The standard InChI is InChI=1S/C13H23N3/c1-3-7-16-8-6-15-12(16)10-13(14)5-4-11(2)9-13/h6,8,11H,3-5,7,9-10,14H2,1-2H3. The highest BCUT2D eigenvalue weighted by atomic mass is 15.1. The molecule has 1 aliphatic carbocycles. The number of hydrogen-bond acceptors (Lipinski definition) is 2. The van der Waals surface area contributed by atoms with Gasteiger partial charge in [0.25, 0.3) is 0 Å². The van der Waals surface area contributed by atoms with Gasteiger partial charge in [0.05, 0.1) is 0 Å². The lowest BCUT2D eigenvalue weighted by atomic mass is 9.93. The Bertz CT molecular complexity index is 345. The lowest BCUT2D eigenvalue weighted by Crippen LogP contribution is -2.40. The molecule has 0 amide bonds. The highest BCUT2D eigenvalue weighted by Crippen LogP contribution is 2.34. The van der Waals surface area contributed by atoms with E-state index < -0.39 is 0 Å². The van der Waals surface area contributed by atoms with Crippen LogP contribution in [-0.2, 0) is 13.0 Å². The molecular formula is C13H23N3. The van der Waals surface area contributed by atoms with E-state index in [4.69, 9.17) is 5.73 Å². The lowest BCUT2D eigenvalue weighted by molar-refractivity contribution is 0.402. The van der Waals surface area contributed by atoms with E-state index in [1.807, 2.05) is 6.20 Å². The second-order valence-electron chi connectivity index (χ2n) is 5.42. The van der Waals surface area contributed by atoms with Crippen LogP contribution in [0.5, 0.6) is 0 Å². The van der Waals surface area contributed by atoms with Crippen LogP contribution in [0.15, 0.2) is 12.4 Å². The number of imidazole rings is 1. The highest BCUT2D eigenvalue weighted by molar-refractivity contribution is 5.03. The van der Waals surface area contributed by atoms with Crippen molar-refractivity contribution in [3.63, 3.8) is 0 Å². The number of nitrogens with zero attached hydrogens (tertiary/aromatic N) is 2. The van der Waals surface area contributed by atoms with Crippen molar-refractivity contribution < 1.29 is 0 Å². The maximum absolute atomic E-state index is 6.45. The summed E-state index contributed by atoms with van der Waals surface area (Å²) in [5.74, 6) is 1.94. The number of rotatable bonds is 4. The van der Waals surface area contributed by atoms with Crippen LogP contribution in [0.25, 0.3) is 0 Å². The van der Waals surface area contributed by atoms with Crippen molar-refractivity contribution in [1.82, 2.24) is 9.55 Å². The minimum absolute atomic E-state index is 0.00371. The van der Waals surface area contributed by atoms with Crippen molar-refractivity contribution in [2.24, 2.45) is 11.7 Å². The molecule has 0 saturated heterocycles. The number of nitrogens with two attached hydrogens (primary N) is 1. The second-order valence-corrected chi connectivity index (χ2v) is 5.42. The predicted molar refractivity (Wildman–Crippen MR) is 66.2 cm³/mol. The van der Waals surface area contributed by atoms with Gasteiger partial charge in [-0.2, -0.15) is 0 Å². The quantitative estimate of drug-likeness (QED) is 0.848. The second kappa shape index (κ2) is 4.58. The van der Waals surface area contributed by atoms with Crippen molar-refractivity contribution in [2.75, 3.05) is 0 Å². The molecule has 1 aromatic heterocycles. The minimum Gasteiger partial charge on any atom is -0.335 e. The number of aryl methyl sites for hydroxylation is 1. The molecule has 3 nitrogen and oxygen atoms in total. The summed E-state index contributed by atoms with van der Waals surface area (Å²) in [4.78, 5) is 4.45. The van der Waals surface area contributed by atoms with Gasteiger partial charge < -0.3 is 10.3 Å². The zero-order valence-electron chi connectivity index (χ0n) is 10.4. The van der Waals surface area contributed by atoms with Crippen molar-refractivity contribution in [3.05, 3.63) is 18.2 Å². The SMILES string of the molecule is CCCn1ccnc1CC1(N)CCC(C)C1. The third-order valence-electron chi connectivity index (χ3n) is 3.67. The Labute approximate surface area is 98.1 Å². The third-order valence-corrected chi connectivity index (χ3v) is 3.67. The van der Waals surface area contributed by atoms with E-state index in [0.29, 0.717) is 0 Å². The molecule has 1 heterocycles. The summed E-state index contributed by atoms with van der Waals surface area (Å²) in [6.07, 6.45) is 9.61. The molecule has 2 unspecified atom stereocenters. The molecule has 1 saturated carbocycles. The molecule has 0 aliphatic heterocycles. The number of hydrogen-bond donors (Lipinski definition) is 1. The van der Waals surface area contributed by atoms with Crippen LogP contribution in [-0.4, -0.2) is 15.1 Å². The normalized spacial score (nSPS) is 29.8. The molecule has 1 aliphatic rings. The van der Waals surface area contributed by atoms with Crippen LogP contribution < -0.4 is 5.73 Å². The Morgan fingerprint density at radius 3 is 3.06 bits per heavy atom. The first-order valence-corrected chi connectivity index (χ1v) is 6.42. The molecule has 2 N–H and O–H groups in total. The maximum Gasteiger partial charge on any atom is 0.110 e. The molecule has 3 heteroatoms. The van der Waals surface area contributed by atoms with Crippen molar-refractivity contribution in [3.8, 4) is 0 Å². The van der Waals surface area contributed by atoms with Gasteiger partial charge in [0.2, 0.25) is 0 Å². The first-order valence-electron chi connectivity index (χ1n) is 6.42. The average molecular weight is 221 g/mol. The summed E-state index contributed by atoms with van der Waals surface area (Å²) >= 11 is 0. The molecule has 1 aromatic rings. The molecule has 1 fully saturated rings. The Morgan fingerprint density at radius 2 is 2.44 bits per heavy atom. The summed E-state index contributed by atoms with van der Waals surface area (Å²) in [7, 11) is 0. The molecule has 2 rings (SSSR count). The van der Waals surface area contributed by atoms with Gasteiger partial charge in [-0.25, -0.2) is 4.98 Å². The Balaban J connectivity index is 2.05. The Hall–Kier alpha value is -0.830. The summed E-state index contributed by atoms with van der Waals surface area (Å²) < 4.78 is 2.25. The van der Waals surface area contributed by atoms with Crippen molar-refractivity contribution in [2.45, 2.75) is 58.0 Å². The van der Waals surface area contributed by atoms with E-state index in [9.17, 15) is 0 Å². The summed E-state index contributed by atoms with van der Waals surface area (Å²) in [5, 5.41) is 0. The van der Waals surface area contributed by atoms with Crippen molar-refractivity contribution in [1.29, 1.82) is 0 Å². The third kappa shape index (κ3) is 2.46. The minimum atomic E-state index is -0.00371. The largest absolute Gasteiger partial charge is 0.335 e. The van der Waals surface area contributed by atoms with Gasteiger partial charge in [0.15, 0.2) is 0 Å². The molecular weight excluding hydrogens is 198 g/mol. The van der Waals surface area contributed by atoms with Gasteiger partial charge in [-0.3, -0.25) is 0 Å². The summed E-state index contributed by atoms with van der Waals surface area (Å²) in [5.41, 5.74) is 6.45. The van der Waals surface area contributed by atoms with E-state index in [2.05, 4.69) is 29.6 Å². The van der Waals surface area contributed by atoms with Gasteiger partial charge in [0.1, 0.15) is 5.82 Å². The van der Waals surface area contributed by atoms with Gasteiger partial charge in [-0.15, -0.1) is 0 Å². The van der Waals surface area contributed by atoms with Crippen LogP contribution in [0, 0.1) is 5.92 Å². The first-order chi connectivity index (χ1) is 7.63. The van der Waals surface area contributed by atoms with Crippen LogP contribution in [0.3, 0.4) is 0 Å². The average Bonchev–Trinajstić information content (AvgIpc) is 2.76. The van der Waals surface area contributed by atoms with Gasteiger partial charge >= 0.3 is 0 Å². The zero-order chi connectivity index (χ0) is 11.6.